The fraction of sp³-hybridized carbons (Fsp3) is 1.00. The van der Waals surface area contributed by atoms with Crippen molar-refractivity contribution in [2.75, 3.05) is 24.6 Å². The second-order valence-corrected chi connectivity index (χ2v) is 7.22. The number of nitrogens with one attached hydrogen (secondary N) is 2. The van der Waals surface area contributed by atoms with Crippen LogP contribution in [0.15, 0.2) is 0 Å². The van der Waals surface area contributed by atoms with Crippen LogP contribution in [0.4, 0.5) is 0 Å². The van der Waals surface area contributed by atoms with E-state index in [0.29, 0.717) is 24.1 Å². The summed E-state index contributed by atoms with van der Waals surface area (Å²) in [6.07, 6.45) is 6.18. The minimum absolute atomic E-state index is 0.160. The Morgan fingerprint density at radius 1 is 1.25 bits per heavy atom. The topological polar surface area (TPSA) is 58.2 Å². The molecule has 1 unspecified atom stereocenters. The first kappa shape index (κ1) is 12.3. The lowest BCUT2D eigenvalue weighted by molar-refractivity contribution is 0.450. The minimum Gasteiger partial charge on any atom is -0.314 e. The van der Waals surface area contributed by atoms with Crippen LogP contribution in [0.1, 0.15) is 32.1 Å². The molecule has 1 saturated carbocycles. The second kappa shape index (κ2) is 5.47. The van der Waals surface area contributed by atoms with E-state index in [1.54, 1.807) is 0 Å². The molecule has 5 heteroatoms. The largest absolute Gasteiger partial charge is 0.314 e. The van der Waals surface area contributed by atoms with Crippen molar-refractivity contribution < 1.29 is 8.42 Å². The third-order valence-corrected chi connectivity index (χ3v) is 5.32. The van der Waals surface area contributed by atoms with Gasteiger partial charge in [0.1, 0.15) is 0 Å². The fourth-order valence-corrected chi connectivity index (χ4v) is 4.14. The monoisotopic (exact) mass is 246 g/mol. The van der Waals surface area contributed by atoms with Crippen LogP contribution < -0.4 is 10.6 Å². The lowest BCUT2D eigenvalue weighted by Gasteiger charge is -2.24. The van der Waals surface area contributed by atoms with Crippen LogP contribution in [0.3, 0.4) is 0 Å². The zero-order valence-corrected chi connectivity index (χ0v) is 10.6. The first-order chi connectivity index (χ1) is 7.66. The minimum atomic E-state index is -2.77. The number of hydrogen-bond acceptors (Lipinski definition) is 4. The molecule has 0 radical (unpaired) electrons. The average Bonchev–Trinajstić information content (AvgIpc) is 2.69. The van der Waals surface area contributed by atoms with Crippen LogP contribution in [-0.4, -0.2) is 45.1 Å². The average molecular weight is 246 g/mol. The molecule has 0 bridgehead atoms. The Balaban J connectivity index is 1.65. The van der Waals surface area contributed by atoms with Crippen LogP contribution in [0.2, 0.25) is 0 Å². The zero-order chi connectivity index (χ0) is 11.4. The van der Waals surface area contributed by atoms with E-state index in [-0.39, 0.29) is 6.04 Å². The summed E-state index contributed by atoms with van der Waals surface area (Å²) in [5.74, 6) is 0.624. The van der Waals surface area contributed by atoms with Crippen LogP contribution in [0.25, 0.3) is 0 Å². The lowest BCUT2D eigenvalue weighted by Crippen LogP contribution is -2.46. The van der Waals surface area contributed by atoms with Gasteiger partial charge in [0.05, 0.1) is 11.5 Å². The quantitative estimate of drug-likeness (QED) is 0.749. The molecule has 0 aromatic heterocycles. The maximum atomic E-state index is 11.4. The Morgan fingerprint density at radius 2 is 2.00 bits per heavy atom. The standard InChI is InChI=1S/C11H22N2O2S/c14-16(15)8-7-13-11(9-16)5-6-12-10-3-1-2-4-10/h10-13H,1-9H2. The van der Waals surface area contributed by atoms with Gasteiger partial charge in [-0.15, -0.1) is 0 Å². The van der Waals surface area contributed by atoms with Crippen molar-refractivity contribution in [3.05, 3.63) is 0 Å². The molecule has 1 aliphatic heterocycles. The Hall–Kier alpha value is -0.130. The SMILES string of the molecule is O=S1(=O)CCNC(CCNC2CCCC2)C1. The summed E-state index contributed by atoms with van der Waals surface area (Å²) in [7, 11) is -2.77. The van der Waals surface area contributed by atoms with E-state index in [2.05, 4.69) is 10.6 Å². The predicted molar refractivity (Wildman–Crippen MR) is 65.3 cm³/mol. The van der Waals surface area contributed by atoms with Gasteiger partial charge in [0.2, 0.25) is 0 Å². The van der Waals surface area contributed by atoms with E-state index >= 15 is 0 Å². The van der Waals surface area contributed by atoms with Crippen molar-refractivity contribution in [2.45, 2.75) is 44.2 Å². The van der Waals surface area contributed by atoms with Gasteiger partial charge in [-0.05, 0) is 25.8 Å². The van der Waals surface area contributed by atoms with Crippen molar-refractivity contribution in [1.82, 2.24) is 10.6 Å². The molecule has 1 aliphatic carbocycles. The van der Waals surface area contributed by atoms with Crippen LogP contribution in [0.5, 0.6) is 0 Å². The van der Waals surface area contributed by atoms with Crippen molar-refractivity contribution in [1.29, 1.82) is 0 Å². The van der Waals surface area contributed by atoms with Crippen LogP contribution in [0, 0.1) is 0 Å². The first-order valence-corrected chi connectivity index (χ1v) is 8.15. The predicted octanol–water partition coefficient (Wildman–Crippen LogP) is 0.295. The maximum Gasteiger partial charge on any atom is 0.153 e. The summed E-state index contributed by atoms with van der Waals surface area (Å²) in [6.45, 7) is 1.56. The molecule has 94 valence electrons. The Kier molecular flexibility index (Phi) is 4.21. The molecule has 2 rings (SSSR count). The molecule has 0 aromatic rings. The molecule has 16 heavy (non-hydrogen) atoms. The van der Waals surface area contributed by atoms with Gasteiger partial charge >= 0.3 is 0 Å². The Morgan fingerprint density at radius 3 is 2.69 bits per heavy atom. The smallest absolute Gasteiger partial charge is 0.153 e. The molecule has 0 spiro atoms. The molecular formula is C11H22N2O2S. The van der Waals surface area contributed by atoms with Gasteiger partial charge in [-0.25, -0.2) is 8.42 Å². The molecule has 0 aromatic carbocycles. The number of hydrogen-bond donors (Lipinski definition) is 2. The molecule has 2 fully saturated rings. The van der Waals surface area contributed by atoms with Crippen LogP contribution in [-0.2, 0) is 9.84 Å². The first-order valence-electron chi connectivity index (χ1n) is 6.33. The normalized spacial score (nSPS) is 30.6. The van der Waals surface area contributed by atoms with E-state index < -0.39 is 9.84 Å². The summed E-state index contributed by atoms with van der Waals surface area (Å²) in [5.41, 5.74) is 0. The summed E-state index contributed by atoms with van der Waals surface area (Å²) < 4.78 is 22.8. The van der Waals surface area contributed by atoms with E-state index in [1.807, 2.05) is 0 Å². The van der Waals surface area contributed by atoms with Gasteiger partial charge in [-0.1, -0.05) is 12.8 Å². The highest BCUT2D eigenvalue weighted by Gasteiger charge is 2.24. The van der Waals surface area contributed by atoms with Gasteiger partial charge < -0.3 is 10.6 Å². The van der Waals surface area contributed by atoms with E-state index in [0.717, 1.165) is 13.0 Å². The molecule has 0 amide bonds. The number of rotatable bonds is 4. The van der Waals surface area contributed by atoms with Crippen molar-refractivity contribution in [3.8, 4) is 0 Å². The molecular weight excluding hydrogens is 224 g/mol. The van der Waals surface area contributed by atoms with Crippen molar-refractivity contribution >= 4 is 9.84 Å². The van der Waals surface area contributed by atoms with E-state index in [9.17, 15) is 8.42 Å². The highest BCUT2D eigenvalue weighted by molar-refractivity contribution is 7.91. The highest BCUT2D eigenvalue weighted by Crippen LogP contribution is 2.17. The van der Waals surface area contributed by atoms with Gasteiger partial charge in [-0.3, -0.25) is 0 Å². The molecule has 4 nitrogen and oxygen atoms in total. The summed E-state index contributed by atoms with van der Waals surface area (Å²) in [5, 5.41) is 6.80. The summed E-state index contributed by atoms with van der Waals surface area (Å²) >= 11 is 0. The van der Waals surface area contributed by atoms with Gasteiger partial charge in [-0.2, -0.15) is 0 Å². The van der Waals surface area contributed by atoms with E-state index in [4.69, 9.17) is 0 Å². The molecule has 2 aliphatic rings. The molecule has 1 heterocycles. The summed E-state index contributed by atoms with van der Waals surface area (Å²) in [4.78, 5) is 0. The van der Waals surface area contributed by atoms with Gasteiger partial charge in [0.15, 0.2) is 9.84 Å². The summed E-state index contributed by atoms with van der Waals surface area (Å²) in [6, 6.07) is 0.841. The highest BCUT2D eigenvalue weighted by atomic mass is 32.2. The zero-order valence-electron chi connectivity index (χ0n) is 9.74. The second-order valence-electron chi connectivity index (χ2n) is 4.99. The Labute approximate surface area is 98.1 Å². The molecule has 1 atom stereocenters. The van der Waals surface area contributed by atoms with Gasteiger partial charge in [0, 0.05) is 18.6 Å². The third-order valence-electron chi connectivity index (χ3n) is 3.58. The lowest BCUT2D eigenvalue weighted by atomic mass is 10.2. The molecule has 1 saturated heterocycles. The van der Waals surface area contributed by atoms with Crippen molar-refractivity contribution in [2.24, 2.45) is 0 Å². The fourth-order valence-electron chi connectivity index (χ4n) is 2.64. The molecule has 2 N–H and O–H groups in total. The Bertz CT molecular complexity index is 310. The number of sulfone groups is 1. The van der Waals surface area contributed by atoms with Gasteiger partial charge in [0.25, 0.3) is 0 Å². The van der Waals surface area contributed by atoms with E-state index in [1.165, 1.54) is 25.7 Å². The third kappa shape index (κ3) is 3.71. The van der Waals surface area contributed by atoms with Crippen molar-refractivity contribution in [3.63, 3.8) is 0 Å². The van der Waals surface area contributed by atoms with Crippen LogP contribution >= 0.6 is 0 Å². The maximum absolute atomic E-state index is 11.4.